The highest BCUT2D eigenvalue weighted by Gasteiger charge is 2.29. The van der Waals surface area contributed by atoms with Crippen molar-refractivity contribution in [1.82, 2.24) is 9.29 Å². The van der Waals surface area contributed by atoms with Crippen LogP contribution < -0.4 is 4.72 Å². The number of hydrogen-bond acceptors (Lipinski definition) is 5. The Bertz CT molecular complexity index is 542. The van der Waals surface area contributed by atoms with Gasteiger partial charge in [-0.2, -0.15) is 12.7 Å². The zero-order valence-electron chi connectivity index (χ0n) is 11.7. The molecular formula is C12H21N3O3S2. The minimum Gasteiger partial charge on any atom is -0.396 e. The third kappa shape index (κ3) is 3.69. The van der Waals surface area contributed by atoms with Crippen LogP contribution in [0.5, 0.6) is 0 Å². The minimum atomic E-state index is -3.57. The van der Waals surface area contributed by atoms with Crippen molar-refractivity contribution in [2.45, 2.75) is 32.6 Å². The molecule has 0 radical (unpaired) electrons. The molecule has 8 heteroatoms. The summed E-state index contributed by atoms with van der Waals surface area (Å²) in [7, 11) is -3.57. The Hall–Kier alpha value is -0.700. The molecule has 1 aromatic heterocycles. The first-order valence-corrected chi connectivity index (χ1v) is 9.08. The van der Waals surface area contributed by atoms with E-state index in [4.69, 9.17) is 0 Å². The maximum atomic E-state index is 12.3. The molecule has 0 bridgehead atoms. The molecule has 1 unspecified atom stereocenters. The zero-order valence-corrected chi connectivity index (χ0v) is 13.4. The number of aliphatic hydroxyl groups is 1. The van der Waals surface area contributed by atoms with E-state index in [1.54, 1.807) is 0 Å². The summed E-state index contributed by atoms with van der Waals surface area (Å²) in [4.78, 5) is 4.28. The van der Waals surface area contributed by atoms with Crippen molar-refractivity contribution < 1.29 is 13.5 Å². The van der Waals surface area contributed by atoms with Crippen LogP contribution in [0, 0.1) is 5.92 Å². The highest BCUT2D eigenvalue weighted by atomic mass is 32.2. The number of hydrogen-bond donors (Lipinski definition) is 2. The van der Waals surface area contributed by atoms with Gasteiger partial charge < -0.3 is 5.11 Å². The van der Waals surface area contributed by atoms with Gasteiger partial charge in [-0.05, 0) is 24.7 Å². The lowest BCUT2D eigenvalue weighted by Crippen LogP contribution is -2.43. The van der Waals surface area contributed by atoms with Crippen molar-refractivity contribution in [3.05, 3.63) is 11.1 Å². The Morgan fingerprint density at radius 2 is 2.35 bits per heavy atom. The number of aliphatic hydroxyl groups excluding tert-OH is 1. The number of piperidine rings is 1. The number of aromatic nitrogens is 1. The van der Waals surface area contributed by atoms with Gasteiger partial charge in [0.05, 0.1) is 5.69 Å². The lowest BCUT2D eigenvalue weighted by molar-refractivity contribution is 0.166. The SMILES string of the molecule is CC(C)c1csc(NS(=O)(=O)N2CCCC(CO)C2)n1. The molecule has 0 aliphatic carbocycles. The van der Waals surface area contributed by atoms with E-state index in [0.29, 0.717) is 18.2 Å². The number of anilines is 1. The predicted molar refractivity (Wildman–Crippen MR) is 80.1 cm³/mol. The lowest BCUT2D eigenvalue weighted by atomic mass is 10.0. The van der Waals surface area contributed by atoms with Gasteiger partial charge in [0.15, 0.2) is 5.13 Å². The first-order chi connectivity index (χ1) is 9.42. The van der Waals surface area contributed by atoms with Crippen molar-refractivity contribution in [2.24, 2.45) is 5.92 Å². The van der Waals surface area contributed by atoms with E-state index in [0.717, 1.165) is 18.5 Å². The van der Waals surface area contributed by atoms with Crippen LogP contribution in [0.15, 0.2) is 5.38 Å². The van der Waals surface area contributed by atoms with Crippen LogP contribution in [0.1, 0.15) is 38.3 Å². The van der Waals surface area contributed by atoms with Crippen molar-refractivity contribution in [2.75, 3.05) is 24.4 Å². The maximum absolute atomic E-state index is 12.3. The molecule has 114 valence electrons. The first-order valence-electron chi connectivity index (χ1n) is 6.76. The van der Waals surface area contributed by atoms with Crippen molar-refractivity contribution in [3.63, 3.8) is 0 Å². The third-order valence-corrected chi connectivity index (χ3v) is 5.78. The summed E-state index contributed by atoms with van der Waals surface area (Å²) >= 11 is 1.30. The molecule has 0 amide bonds. The number of thiazole rings is 1. The van der Waals surface area contributed by atoms with E-state index >= 15 is 0 Å². The number of rotatable bonds is 5. The normalized spacial score (nSPS) is 21.3. The summed E-state index contributed by atoms with van der Waals surface area (Å²) in [6, 6.07) is 0. The molecular weight excluding hydrogens is 298 g/mol. The van der Waals surface area contributed by atoms with Crippen LogP contribution in [-0.2, 0) is 10.2 Å². The second-order valence-electron chi connectivity index (χ2n) is 5.39. The van der Waals surface area contributed by atoms with Gasteiger partial charge >= 0.3 is 10.2 Å². The van der Waals surface area contributed by atoms with Crippen LogP contribution in [0.25, 0.3) is 0 Å². The fourth-order valence-corrected chi connectivity index (χ4v) is 4.56. The molecule has 6 nitrogen and oxygen atoms in total. The van der Waals surface area contributed by atoms with Crippen LogP contribution in [0.4, 0.5) is 5.13 Å². The Labute approximate surface area is 124 Å². The number of nitrogens with zero attached hydrogens (tertiary/aromatic N) is 2. The van der Waals surface area contributed by atoms with Gasteiger partial charge in [-0.1, -0.05) is 13.8 Å². The van der Waals surface area contributed by atoms with Gasteiger partial charge in [0.25, 0.3) is 0 Å². The average molecular weight is 319 g/mol. The highest BCUT2D eigenvalue weighted by Crippen LogP contribution is 2.24. The largest absolute Gasteiger partial charge is 0.396 e. The summed E-state index contributed by atoms with van der Waals surface area (Å²) in [5, 5.41) is 11.4. The molecule has 1 aliphatic heterocycles. The highest BCUT2D eigenvalue weighted by molar-refractivity contribution is 7.90. The summed E-state index contributed by atoms with van der Waals surface area (Å²) < 4.78 is 28.5. The predicted octanol–water partition coefficient (Wildman–Crippen LogP) is 1.63. The topological polar surface area (TPSA) is 82.5 Å². The second kappa shape index (κ2) is 6.38. The van der Waals surface area contributed by atoms with E-state index in [9.17, 15) is 13.5 Å². The summed E-state index contributed by atoms with van der Waals surface area (Å²) in [6.45, 7) is 4.93. The molecule has 1 aromatic rings. The van der Waals surface area contributed by atoms with E-state index in [1.165, 1.54) is 15.6 Å². The van der Waals surface area contributed by atoms with E-state index in [2.05, 4.69) is 9.71 Å². The number of nitrogens with one attached hydrogen (secondary N) is 1. The van der Waals surface area contributed by atoms with Gasteiger partial charge in [-0.25, -0.2) is 9.71 Å². The fourth-order valence-electron chi connectivity index (χ4n) is 2.17. The monoisotopic (exact) mass is 319 g/mol. The quantitative estimate of drug-likeness (QED) is 0.864. The van der Waals surface area contributed by atoms with Crippen molar-refractivity contribution >= 4 is 26.7 Å². The van der Waals surface area contributed by atoms with E-state index in [1.807, 2.05) is 19.2 Å². The summed E-state index contributed by atoms with van der Waals surface area (Å²) in [6.07, 6.45) is 1.65. The van der Waals surface area contributed by atoms with Gasteiger partial charge in [0.1, 0.15) is 0 Å². The molecule has 0 spiro atoms. The smallest absolute Gasteiger partial charge is 0.303 e. The molecule has 2 rings (SSSR count). The van der Waals surface area contributed by atoms with Gasteiger partial charge in [-0.3, -0.25) is 0 Å². The standard InChI is InChI=1S/C12H21N3O3S2/c1-9(2)11-8-19-12(13-11)14-20(17,18)15-5-3-4-10(6-15)7-16/h8-10,16H,3-7H2,1-2H3,(H,13,14). The van der Waals surface area contributed by atoms with Crippen molar-refractivity contribution in [3.8, 4) is 0 Å². The van der Waals surface area contributed by atoms with E-state index < -0.39 is 10.2 Å². The average Bonchev–Trinajstić information content (AvgIpc) is 2.87. The molecule has 2 N–H and O–H groups in total. The molecule has 1 saturated heterocycles. The third-order valence-electron chi connectivity index (χ3n) is 3.41. The zero-order chi connectivity index (χ0) is 14.8. The lowest BCUT2D eigenvalue weighted by Gasteiger charge is -2.30. The van der Waals surface area contributed by atoms with Crippen molar-refractivity contribution in [1.29, 1.82) is 0 Å². The van der Waals surface area contributed by atoms with Crippen LogP contribution in [0.2, 0.25) is 0 Å². The Kier molecular flexibility index (Phi) is 5.00. The second-order valence-corrected chi connectivity index (χ2v) is 7.92. The van der Waals surface area contributed by atoms with Gasteiger partial charge in [0, 0.05) is 25.1 Å². The van der Waals surface area contributed by atoms with Crippen LogP contribution in [0.3, 0.4) is 0 Å². The van der Waals surface area contributed by atoms with Crippen LogP contribution in [-0.4, -0.2) is 42.5 Å². The maximum Gasteiger partial charge on any atom is 0.303 e. The molecule has 20 heavy (non-hydrogen) atoms. The molecule has 0 aromatic carbocycles. The molecule has 1 fully saturated rings. The molecule has 1 aliphatic rings. The Balaban J connectivity index is 2.06. The van der Waals surface area contributed by atoms with Gasteiger partial charge in [0.2, 0.25) is 0 Å². The Morgan fingerprint density at radius 1 is 1.60 bits per heavy atom. The fraction of sp³-hybridized carbons (Fsp3) is 0.750. The minimum absolute atomic E-state index is 0.0285. The summed E-state index contributed by atoms with van der Waals surface area (Å²) in [5.41, 5.74) is 0.888. The van der Waals surface area contributed by atoms with Gasteiger partial charge in [-0.15, -0.1) is 11.3 Å². The molecule has 1 atom stereocenters. The Morgan fingerprint density at radius 3 is 2.95 bits per heavy atom. The molecule has 2 heterocycles. The first kappa shape index (κ1) is 15.7. The molecule has 0 saturated carbocycles. The van der Waals surface area contributed by atoms with Crippen LogP contribution >= 0.6 is 11.3 Å². The summed E-state index contributed by atoms with van der Waals surface area (Å²) in [5.74, 6) is 0.307. The van der Waals surface area contributed by atoms with E-state index in [-0.39, 0.29) is 18.4 Å².